The molecule has 0 aliphatic carbocycles. The first kappa shape index (κ1) is 58.9. The van der Waals surface area contributed by atoms with Crippen LogP contribution in [-0.4, -0.2) is 88.6 Å². The van der Waals surface area contributed by atoms with Crippen molar-refractivity contribution in [3.63, 3.8) is 0 Å². The van der Waals surface area contributed by atoms with Gasteiger partial charge in [-0.1, -0.05) is 97.1 Å². The normalized spacial score (nSPS) is 13.2. The van der Waals surface area contributed by atoms with Gasteiger partial charge in [-0.15, -0.1) is 0 Å². The summed E-state index contributed by atoms with van der Waals surface area (Å²) in [6.07, 6.45) is 0. The molecule has 3 N–H and O–H groups in total. The molecule has 0 saturated heterocycles. The van der Waals surface area contributed by atoms with Crippen molar-refractivity contribution in [1.82, 2.24) is 46.4 Å². The van der Waals surface area contributed by atoms with Crippen LogP contribution in [0, 0.1) is 0 Å². The van der Waals surface area contributed by atoms with E-state index in [1.165, 1.54) is 0 Å². The molecule has 17 aromatic rings. The molecule has 12 aromatic carbocycles. The Morgan fingerprint density at radius 1 is 0.250 bits per heavy atom. The zero-order valence-corrected chi connectivity index (χ0v) is 56.0. The van der Waals surface area contributed by atoms with Gasteiger partial charge in [0.1, 0.15) is 0 Å². The Morgan fingerprint density at radius 2 is 0.510 bits per heavy atom. The summed E-state index contributed by atoms with van der Waals surface area (Å²) in [6.45, 7) is 0. The van der Waals surface area contributed by atoms with E-state index in [1.54, 1.807) is 0 Å². The second kappa shape index (κ2) is 22.3. The van der Waals surface area contributed by atoms with Crippen molar-refractivity contribution in [2.45, 2.75) is 0 Å². The molecule has 23 rings (SSSR count). The number of hydrogen-bond acceptors (Lipinski definition) is 13. The molecule has 0 atom stereocenters. The molecular formula is C80H43GaN16O2V-. The molecule has 14 bridgehead atoms. The molecule has 11 heterocycles. The molecule has 6 aliphatic heterocycles. The maximum absolute atomic E-state index is 5.56. The van der Waals surface area contributed by atoms with E-state index in [2.05, 4.69) is 152 Å². The van der Waals surface area contributed by atoms with Crippen molar-refractivity contribution >= 4 is 162 Å². The Labute approximate surface area is 584 Å². The zero-order chi connectivity index (χ0) is 63.1. The number of nitrogens with zero attached hydrogens (tertiary/aromatic N) is 16. The predicted octanol–water partition coefficient (Wildman–Crippen LogP) is 14.2. The van der Waals surface area contributed by atoms with Gasteiger partial charge in [0.25, 0.3) is 0 Å². The van der Waals surface area contributed by atoms with Gasteiger partial charge in [0, 0.05) is 44.8 Å². The van der Waals surface area contributed by atoms with Crippen LogP contribution in [0.15, 0.2) is 273 Å². The number of hydrogen-bond donors (Lipinski definition) is 0. The summed E-state index contributed by atoms with van der Waals surface area (Å²) >= 11 is -1.77. The third-order valence-electron chi connectivity index (χ3n) is 19.2. The molecule has 20 heteroatoms. The van der Waals surface area contributed by atoms with Crippen LogP contribution < -0.4 is 20.9 Å². The third-order valence-corrected chi connectivity index (χ3v) is 22.2. The molecule has 0 amide bonds. The summed E-state index contributed by atoms with van der Waals surface area (Å²) in [4.78, 5) is 72.1. The van der Waals surface area contributed by atoms with Crippen LogP contribution in [0.1, 0.15) is 22.3 Å². The van der Waals surface area contributed by atoms with Gasteiger partial charge in [-0.3, -0.25) is 0 Å². The third kappa shape index (κ3) is 8.80. The van der Waals surface area contributed by atoms with Crippen molar-refractivity contribution in [3.8, 4) is 45.6 Å². The summed E-state index contributed by atoms with van der Waals surface area (Å²) < 4.78 is 4.76. The Balaban J connectivity index is 0.000000143. The van der Waals surface area contributed by atoms with Crippen LogP contribution >= 0.6 is 0 Å². The number of rotatable bonds is 0. The van der Waals surface area contributed by atoms with Crippen molar-refractivity contribution in [1.29, 1.82) is 0 Å². The van der Waals surface area contributed by atoms with Gasteiger partial charge < -0.3 is 40.9 Å². The van der Waals surface area contributed by atoms with E-state index in [1.807, 2.05) is 97.1 Å². The van der Waals surface area contributed by atoms with Crippen molar-refractivity contribution < 1.29 is 29.5 Å². The summed E-state index contributed by atoms with van der Waals surface area (Å²) in [6, 6.07) is 83.8. The molecule has 18 nitrogen and oxygen atoms in total. The predicted molar refractivity (Wildman–Crippen MR) is 391 cm³/mol. The Morgan fingerprint density at radius 3 is 0.820 bits per heavy atom. The van der Waals surface area contributed by atoms with E-state index in [-0.39, 0.29) is 29.5 Å². The van der Waals surface area contributed by atoms with Gasteiger partial charge in [-0.05, 0) is 21.5 Å². The minimum absolute atomic E-state index is 0. The topological polar surface area (TPSA) is 251 Å². The summed E-state index contributed by atoms with van der Waals surface area (Å²) in [7, 11) is 0. The zero-order valence-electron chi connectivity index (χ0n) is 52.2. The van der Waals surface area contributed by atoms with Crippen molar-refractivity contribution in [2.75, 3.05) is 0 Å². The molecule has 100 heavy (non-hydrogen) atoms. The fourth-order valence-corrected chi connectivity index (χ4v) is 17.6. The van der Waals surface area contributed by atoms with Gasteiger partial charge in [-0.25, -0.2) is 9.97 Å². The SMILES string of the molecule is O.[OH-].[V+2].c1ccc2c(c1)-c1nc-2nc2[n-]c(nc3nc(nc4[n-]c(n1)c1ccccc41)-c1ccccc1-3)c1ccccc21.c1ccc2cc3c(cc2c1)C1=NC3=Nc2c3cc4ccccc4cc3c3[n]2[Ga][n]2c(c4cc5ccccc5cc4c2=NC2=NC(=N3)c3cc4ccccc4cc32)=N1. The van der Waals surface area contributed by atoms with E-state index in [9.17, 15) is 0 Å². The van der Waals surface area contributed by atoms with E-state index < -0.39 is 17.9 Å². The molecule has 0 saturated carbocycles. The monoisotopic (exact) mass is 1380 g/mol. The summed E-state index contributed by atoms with van der Waals surface area (Å²) in [5.74, 6) is 6.52. The van der Waals surface area contributed by atoms with Crippen LogP contribution in [0.4, 0.5) is 11.6 Å². The minimum atomic E-state index is -1.77. The van der Waals surface area contributed by atoms with Crippen molar-refractivity contribution in [2.24, 2.45) is 30.0 Å². The first-order valence-corrected chi connectivity index (χ1v) is 34.1. The van der Waals surface area contributed by atoms with Gasteiger partial charge in [0.15, 0.2) is 0 Å². The molecule has 2 radical (unpaired) electrons. The van der Waals surface area contributed by atoms with E-state index >= 15 is 0 Å². The molecule has 5 aromatic heterocycles. The second-order valence-corrected chi connectivity index (χ2v) is 27.4. The number of aliphatic imine (C=N–C) groups is 4. The molecule has 0 fully saturated rings. The van der Waals surface area contributed by atoms with Crippen LogP contribution in [0.2, 0.25) is 0 Å². The molecule has 0 spiro atoms. The first-order chi connectivity index (χ1) is 48.0. The van der Waals surface area contributed by atoms with Gasteiger partial charge >= 0.3 is 351 Å². The average molecular weight is 1380 g/mol. The fraction of sp³-hybridized carbons (Fsp3) is 0. The summed E-state index contributed by atoms with van der Waals surface area (Å²) in [5, 5.41) is 16.8. The molecule has 0 unspecified atom stereocenters. The fourth-order valence-electron chi connectivity index (χ4n) is 14.6. The first-order valence-electron chi connectivity index (χ1n) is 31.9. The maximum atomic E-state index is 5.56. The van der Waals surface area contributed by atoms with Gasteiger partial charge in [-0.2, -0.15) is 0 Å². The van der Waals surface area contributed by atoms with Crippen LogP contribution in [0.5, 0.6) is 0 Å². The number of amidine groups is 4. The number of benzene rings is 12. The Hall–Kier alpha value is -12.5. The Bertz CT molecular complexity index is 6460. The van der Waals surface area contributed by atoms with Gasteiger partial charge in [0.05, 0.1) is 23.3 Å². The molecular weight excluding hydrogens is 1340 g/mol. The van der Waals surface area contributed by atoms with Crippen LogP contribution in [0.3, 0.4) is 0 Å². The van der Waals surface area contributed by atoms with Crippen LogP contribution in [-0.2, 0) is 18.6 Å². The van der Waals surface area contributed by atoms with Crippen molar-refractivity contribution in [3.05, 3.63) is 276 Å². The van der Waals surface area contributed by atoms with Gasteiger partial charge in [0.2, 0.25) is 0 Å². The van der Waals surface area contributed by atoms with E-state index in [0.29, 0.717) is 69.2 Å². The Kier molecular flexibility index (Phi) is 13.1. The number of fused-ring (bicyclic) bond motifs is 38. The van der Waals surface area contributed by atoms with Crippen LogP contribution in [0.25, 0.3) is 154 Å². The van der Waals surface area contributed by atoms with E-state index in [4.69, 9.17) is 69.8 Å². The number of aromatic nitrogens is 10. The molecule has 464 valence electrons. The quantitative estimate of drug-likeness (QED) is 0.131. The summed E-state index contributed by atoms with van der Waals surface area (Å²) in [5.41, 5.74) is 11.4. The average Bonchev–Trinajstić information content (AvgIpc) is 1.55. The second-order valence-electron chi connectivity index (χ2n) is 24.8. The standard InChI is InChI=1S/C48H24N8.C32H16N8.Ga.2H2O.V/c1-2-10-26-18-34-33(17-25(26)9-1)41-49-42(34)54-44-37-21-29-13-5-6-14-30(29)22-38(37)46(51-44)56-48-40-24-32-16-8-7-15-31(32)23-39(40)47(52-48)55-45-36-20-28-12-4-3-11-27(28)19-35(36)43(50-45)53-41;1-2-10-18-17(9-1)25-33-26(18)38-28-21-13-5-6-14-22(21)30(35-28)40-32-24-16-8-7-15-23(24)31(36-32)39-29-20-12-4-3-11-19(20)27(34-29)37-25;;;;/h1-24H;1-16H;;2*1H2;/q2*-2;+2;;;+2/p-1. The molecule has 6 aliphatic rings. The van der Waals surface area contributed by atoms with E-state index in [0.717, 1.165) is 153 Å².